The average Bonchev–Trinajstić information content (AvgIpc) is 2.98. The van der Waals surface area contributed by atoms with Crippen molar-refractivity contribution >= 4 is 16.8 Å². The molecule has 0 spiro atoms. The van der Waals surface area contributed by atoms with Crippen LogP contribution in [0.25, 0.3) is 10.9 Å². The molecule has 1 aliphatic rings. The van der Waals surface area contributed by atoms with E-state index in [1.54, 1.807) is 0 Å². The molecule has 5 nitrogen and oxygen atoms in total. The number of H-pyrrole nitrogens is 1. The van der Waals surface area contributed by atoms with Gasteiger partial charge in [0.2, 0.25) is 5.91 Å². The topological polar surface area (TPSA) is 65.6 Å². The third-order valence-corrected chi connectivity index (χ3v) is 4.54. The fourth-order valence-electron chi connectivity index (χ4n) is 3.19. The summed E-state index contributed by atoms with van der Waals surface area (Å²) in [6, 6.07) is 8.31. The van der Waals surface area contributed by atoms with Crippen LogP contribution in [0.3, 0.4) is 0 Å². The van der Waals surface area contributed by atoms with E-state index in [9.17, 15) is 9.90 Å². The van der Waals surface area contributed by atoms with E-state index in [2.05, 4.69) is 17.1 Å². The van der Waals surface area contributed by atoms with Crippen molar-refractivity contribution in [2.45, 2.75) is 38.3 Å². The summed E-state index contributed by atoms with van der Waals surface area (Å²) in [7, 11) is 0. The van der Waals surface area contributed by atoms with Crippen molar-refractivity contribution in [3.05, 3.63) is 36.0 Å². The number of morpholine rings is 1. The van der Waals surface area contributed by atoms with E-state index in [1.807, 2.05) is 30.2 Å². The molecule has 3 rings (SSSR count). The number of carbonyl (C=O) groups is 1. The zero-order valence-electron chi connectivity index (χ0n) is 13.5. The molecule has 0 saturated carbocycles. The first kappa shape index (κ1) is 16.0. The molecule has 1 aromatic heterocycles. The summed E-state index contributed by atoms with van der Waals surface area (Å²) < 4.78 is 5.48. The first-order chi connectivity index (χ1) is 11.2. The number of hydrogen-bond acceptors (Lipinski definition) is 3. The lowest BCUT2D eigenvalue weighted by Crippen LogP contribution is -2.52. The number of nitrogens with one attached hydrogen (secondary N) is 1. The maximum atomic E-state index is 12.4. The van der Waals surface area contributed by atoms with Crippen LogP contribution in [-0.2, 0) is 16.0 Å². The molecule has 1 fully saturated rings. The van der Waals surface area contributed by atoms with Gasteiger partial charge in [-0.3, -0.25) is 4.79 Å². The summed E-state index contributed by atoms with van der Waals surface area (Å²) in [6.07, 6.45) is 4.03. The van der Waals surface area contributed by atoms with Gasteiger partial charge in [-0.1, -0.05) is 18.2 Å². The van der Waals surface area contributed by atoms with Crippen LogP contribution in [0.1, 0.15) is 25.3 Å². The molecule has 2 heterocycles. The number of rotatable bonds is 5. The van der Waals surface area contributed by atoms with Gasteiger partial charge in [0.05, 0.1) is 25.4 Å². The summed E-state index contributed by atoms with van der Waals surface area (Å²) in [5.74, 6) is 0.152. The van der Waals surface area contributed by atoms with Crippen LogP contribution in [0.2, 0.25) is 0 Å². The maximum Gasteiger partial charge on any atom is 0.222 e. The van der Waals surface area contributed by atoms with Gasteiger partial charge in [0.1, 0.15) is 0 Å². The van der Waals surface area contributed by atoms with E-state index in [-0.39, 0.29) is 24.7 Å². The van der Waals surface area contributed by atoms with Gasteiger partial charge in [-0.15, -0.1) is 0 Å². The Balaban J connectivity index is 1.54. The maximum absolute atomic E-state index is 12.4. The number of aromatic nitrogens is 1. The van der Waals surface area contributed by atoms with E-state index in [0.29, 0.717) is 19.6 Å². The molecular weight excluding hydrogens is 292 g/mol. The van der Waals surface area contributed by atoms with Crippen LogP contribution in [0, 0.1) is 0 Å². The Kier molecular flexibility index (Phi) is 4.98. The highest BCUT2D eigenvalue weighted by Gasteiger charge is 2.28. The molecule has 5 heteroatoms. The predicted octanol–water partition coefficient (Wildman–Crippen LogP) is 2.10. The van der Waals surface area contributed by atoms with Crippen LogP contribution in [0.15, 0.2) is 30.5 Å². The van der Waals surface area contributed by atoms with Crippen molar-refractivity contribution in [1.82, 2.24) is 9.88 Å². The minimum absolute atomic E-state index is 0.0359. The van der Waals surface area contributed by atoms with Crippen LogP contribution in [0.5, 0.6) is 0 Å². The highest BCUT2D eigenvalue weighted by molar-refractivity contribution is 5.83. The van der Waals surface area contributed by atoms with Crippen LogP contribution >= 0.6 is 0 Å². The fraction of sp³-hybridized carbons (Fsp3) is 0.500. The number of ether oxygens (including phenoxy) is 1. The van der Waals surface area contributed by atoms with Crippen molar-refractivity contribution in [2.75, 3.05) is 19.8 Å². The zero-order valence-corrected chi connectivity index (χ0v) is 13.5. The number of aromatic amines is 1. The predicted molar refractivity (Wildman–Crippen MR) is 89.2 cm³/mol. The largest absolute Gasteiger partial charge is 0.394 e. The normalized spacial score (nSPS) is 21.7. The van der Waals surface area contributed by atoms with Gasteiger partial charge in [0, 0.05) is 30.1 Å². The quantitative estimate of drug-likeness (QED) is 0.888. The van der Waals surface area contributed by atoms with Gasteiger partial charge in [-0.2, -0.15) is 0 Å². The van der Waals surface area contributed by atoms with Crippen LogP contribution in [-0.4, -0.2) is 52.8 Å². The fourth-order valence-corrected chi connectivity index (χ4v) is 3.19. The SMILES string of the molecule is CC1COC(CO)CN1C(=O)CCCc1c[nH]c2ccccc12. The molecular formula is C18H24N2O3. The second-order valence-corrected chi connectivity index (χ2v) is 6.25. The zero-order chi connectivity index (χ0) is 16.2. The van der Waals surface area contributed by atoms with Gasteiger partial charge < -0.3 is 19.7 Å². The van der Waals surface area contributed by atoms with Crippen LogP contribution in [0.4, 0.5) is 0 Å². The van der Waals surface area contributed by atoms with Crippen molar-refractivity contribution in [1.29, 1.82) is 0 Å². The smallest absolute Gasteiger partial charge is 0.222 e. The monoisotopic (exact) mass is 316 g/mol. The first-order valence-corrected chi connectivity index (χ1v) is 8.26. The number of amides is 1. The van der Waals surface area contributed by atoms with Gasteiger partial charge >= 0.3 is 0 Å². The highest BCUT2D eigenvalue weighted by Crippen LogP contribution is 2.20. The summed E-state index contributed by atoms with van der Waals surface area (Å²) in [5.41, 5.74) is 2.40. The molecule has 1 aliphatic heterocycles. The molecule has 0 bridgehead atoms. The van der Waals surface area contributed by atoms with Gasteiger partial charge in [0.15, 0.2) is 0 Å². The number of aliphatic hydroxyl groups excluding tert-OH is 1. The summed E-state index contributed by atoms with van der Waals surface area (Å²) in [4.78, 5) is 17.6. The third-order valence-electron chi connectivity index (χ3n) is 4.54. The lowest BCUT2D eigenvalue weighted by atomic mass is 10.1. The number of para-hydroxylation sites is 1. The van der Waals surface area contributed by atoms with E-state index >= 15 is 0 Å². The Hall–Kier alpha value is -1.85. The van der Waals surface area contributed by atoms with Crippen molar-refractivity contribution in [3.8, 4) is 0 Å². The Bertz CT molecular complexity index is 667. The molecule has 1 aromatic carbocycles. The van der Waals surface area contributed by atoms with Crippen LogP contribution < -0.4 is 0 Å². The number of aliphatic hydroxyl groups is 1. The van der Waals surface area contributed by atoms with Crippen molar-refractivity contribution in [3.63, 3.8) is 0 Å². The summed E-state index contributed by atoms with van der Waals surface area (Å²) in [6.45, 7) is 2.94. The minimum Gasteiger partial charge on any atom is -0.394 e. The standard InChI is InChI=1S/C18H24N2O3/c1-13-12-23-15(11-21)10-20(13)18(22)8-4-5-14-9-19-17-7-3-2-6-16(14)17/h2-3,6-7,9,13,15,19,21H,4-5,8,10-12H2,1H3. The average molecular weight is 316 g/mol. The molecule has 2 atom stereocenters. The lowest BCUT2D eigenvalue weighted by Gasteiger charge is -2.37. The second kappa shape index (κ2) is 7.15. The number of benzene rings is 1. The first-order valence-electron chi connectivity index (χ1n) is 8.26. The molecule has 0 radical (unpaired) electrons. The number of nitrogens with zero attached hydrogens (tertiary/aromatic N) is 1. The Morgan fingerprint density at radius 3 is 3.09 bits per heavy atom. The Labute approximate surface area is 136 Å². The Morgan fingerprint density at radius 1 is 1.43 bits per heavy atom. The van der Waals surface area contributed by atoms with Gasteiger partial charge in [0.25, 0.3) is 0 Å². The molecule has 1 saturated heterocycles. The van der Waals surface area contributed by atoms with E-state index in [1.165, 1.54) is 10.9 Å². The number of aryl methyl sites for hydroxylation is 1. The van der Waals surface area contributed by atoms with E-state index < -0.39 is 0 Å². The molecule has 2 unspecified atom stereocenters. The molecule has 0 aliphatic carbocycles. The number of carbonyl (C=O) groups excluding carboxylic acids is 1. The van der Waals surface area contributed by atoms with Crippen molar-refractivity contribution in [2.24, 2.45) is 0 Å². The number of hydrogen-bond donors (Lipinski definition) is 2. The third kappa shape index (κ3) is 3.57. The van der Waals surface area contributed by atoms with E-state index in [0.717, 1.165) is 18.4 Å². The lowest BCUT2D eigenvalue weighted by molar-refractivity contribution is -0.146. The van der Waals surface area contributed by atoms with Crippen molar-refractivity contribution < 1.29 is 14.6 Å². The molecule has 124 valence electrons. The summed E-state index contributed by atoms with van der Waals surface area (Å²) >= 11 is 0. The Morgan fingerprint density at radius 2 is 2.26 bits per heavy atom. The number of fused-ring (bicyclic) bond motifs is 1. The molecule has 2 aromatic rings. The van der Waals surface area contributed by atoms with Gasteiger partial charge in [-0.25, -0.2) is 0 Å². The molecule has 1 amide bonds. The molecule has 23 heavy (non-hydrogen) atoms. The van der Waals surface area contributed by atoms with Gasteiger partial charge in [-0.05, 0) is 31.4 Å². The van der Waals surface area contributed by atoms with E-state index in [4.69, 9.17) is 4.74 Å². The molecule has 2 N–H and O–H groups in total. The second-order valence-electron chi connectivity index (χ2n) is 6.25. The highest BCUT2D eigenvalue weighted by atomic mass is 16.5. The summed E-state index contributed by atoms with van der Waals surface area (Å²) in [5, 5.41) is 10.4. The minimum atomic E-state index is -0.247.